The highest BCUT2D eigenvalue weighted by Crippen LogP contribution is 2.47. The Morgan fingerprint density at radius 1 is 1.03 bits per heavy atom. The molecule has 1 saturated carbocycles. The fraction of sp³-hybridized carbons (Fsp3) is 0.400. The zero-order valence-corrected chi connectivity index (χ0v) is 20.9. The summed E-state index contributed by atoms with van der Waals surface area (Å²) in [6, 6.07) is 14.6. The van der Waals surface area contributed by atoms with Crippen LogP contribution in [-0.4, -0.2) is 30.1 Å². The molecule has 0 bridgehead atoms. The van der Waals surface area contributed by atoms with Crippen LogP contribution in [0.1, 0.15) is 74.8 Å². The molecule has 0 amide bonds. The number of para-hydroxylation sites is 1. The molecule has 6 nitrogen and oxygen atoms in total. The average Bonchev–Trinajstić information content (AvgIpc) is 2.88. The molecule has 5 rings (SSSR count). The number of carbonyl (C=O) groups is 2. The second-order valence-electron chi connectivity index (χ2n) is 10.0. The van der Waals surface area contributed by atoms with Crippen molar-refractivity contribution in [3.63, 3.8) is 0 Å². The van der Waals surface area contributed by atoms with Gasteiger partial charge in [0.1, 0.15) is 17.6 Å². The molecule has 2 aromatic rings. The molecule has 0 spiro atoms. The number of hydrogen-bond acceptors (Lipinski definition) is 6. The van der Waals surface area contributed by atoms with Crippen LogP contribution >= 0.6 is 0 Å². The van der Waals surface area contributed by atoms with Gasteiger partial charge in [0.2, 0.25) is 0 Å². The van der Waals surface area contributed by atoms with E-state index in [0.29, 0.717) is 35.2 Å². The van der Waals surface area contributed by atoms with E-state index in [9.17, 15) is 14.7 Å². The molecular formula is C30H33NO5. The van der Waals surface area contributed by atoms with Crippen molar-refractivity contribution in [3.8, 4) is 11.5 Å². The summed E-state index contributed by atoms with van der Waals surface area (Å²) in [6.07, 6.45) is 5.88. The summed E-state index contributed by atoms with van der Waals surface area (Å²) in [6.45, 7) is 1.87. The first-order chi connectivity index (χ1) is 17.5. The van der Waals surface area contributed by atoms with E-state index in [1.165, 1.54) is 6.42 Å². The summed E-state index contributed by atoms with van der Waals surface area (Å²) in [5, 5.41) is 13.6. The van der Waals surface area contributed by atoms with Crippen molar-refractivity contribution in [1.82, 2.24) is 5.32 Å². The maximum atomic E-state index is 13.8. The van der Waals surface area contributed by atoms with Gasteiger partial charge in [-0.3, -0.25) is 4.79 Å². The molecule has 0 saturated heterocycles. The van der Waals surface area contributed by atoms with Gasteiger partial charge in [-0.25, -0.2) is 4.79 Å². The van der Waals surface area contributed by atoms with Crippen LogP contribution in [0.15, 0.2) is 71.1 Å². The minimum atomic E-state index is -0.587. The first-order valence-electron chi connectivity index (χ1n) is 12.8. The van der Waals surface area contributed by atoms with Gasteiger partial charge in [-0.1, -0.05) is 36.8 Å². The zero-order valence-electron chi connectivity index (χ0n) is 20.9. The fourth-order valence-corrected chi connectivity index (χ4v) is 5.97. The van der Waals surface area contributed by atoms with Crippen molar-refractivity contribution in [2.45, 2.75) is 69.8 Å². The van der Waals surface area contributed by atoms with Gasteiger partial charge in [-0.15, -0.1) is 0 Å². The second-order valence-corrected chi connectivity index (χ2v) is 10.0. The molecule has 1 aliphatic heterocycles. The Morgan fingerprint density at radius 2 is 1.81 bits per heavy atom. The lowest BCUT2D eigenvalue weighted by Gasteiger charge is -2.37. The number of aromatic hydroxyl groups is 1. The Balaban J connectivity index is 1.54. The molecule has 188 valence electrons. The number of benzene rings is 2. The number of phenols is 1. The van der Waals surface area contributed by atoms with Gasteiger partial charge < -0.3 is 19.9 Å². The summed E-state index contributed by atoms with van der Waals surface area (Å²) in [7, 11) is 1.64. The lowest BCUT2D eigenvalue weighted by molar-refractivity contribution is -0.146. The van der Waals surface area contributed by atoms with E-state index in [1.54, 1.807) is 25.3 Å². The number of nitrogens with one attached hydrogen (secondary N) is 1. The monoisotopic (exact) mass is 487 g/mol. The van der Waals surface area contributed by atoms with Crippen molar-refractivity contribution >= 4 is 11.8 Å². The molecular weight excluding hydrogens is 454 g/mol. The third-order valence-electron chi connectivity index (χ3n) is 7.66. The number of phenolic OH excluding ortho intramolecular Hbond substituents is 1. The Labute approximate surface area is 212 Å². The molecule has 36 heavy (non-hydrogen) atoms. The predicted octanol–water partition coefficient (Wildman–Crippen LogP) is 5.64. The number of esters is 1. The van der Waals surface area contributed by atoms with Gasteiger partial charge in [0, 0.05) is 35.2 Å². The van der Waals surface area contributed by atoms with Crippen molar-refractivity contribution in [1.29, 1.82) is 0 Å². The number of ketones is 1. The minimum absolute atomic E-state index is 0.0107. The van der Waals surface area contributed by atoms with E-state index in [-0.39, 0.29) is 29.5 Å². The van der Waals surface area contributed by atoms with Gasteiger partial charge in [0.15, 0.2) is 5.78 Å². The first-order valence-corrected chi connectivity index (χ1v) is 12.8. The van der Waals surface area contributed by atoms with Crippen LogP contribution in [0.2, 0.25) is 0 Å². The van der Waals surface area contributed by atoms with E-state index in [1.807, 2.05) is 37.3 Å². The number of rotatable bonds is 5. The highest BCUT2D eigenvalue weighted by molar-refractivity contribution is 6.04. The van der Waals surface area contributed by atoms with Crippen molar-refractivity contribution < 1.29 is 24.2 Å². The number of dihydropyridines is 1. The quantitative estimate of drug-likeness (QED) is 0.531. The van der Waals surface area contributed by atoms with Gasteiger partial charge in [-0.05, 0) is 68.4 Å². The van der Waals surface area contributed by atoms with Crippen molar-refractivity contribution in [2.75, 3.05) is 7.11 Å². The Hall–Kier alpha value is -3.54. The third-order valence-corrected chi connectivity index (χ3v) is 7.66. The van der Waals surface area contributed by atoms with Gasteiger partial charge in [-0.2, -0.15) is 0 Å². The molecule has 6 heteroatoms. The molecule has 1 fully saturated rings. The SMILES string of the molecule is COc1ccccc1[C@H]1CC(=O)C2=C(C1)NC(C)=C(C(=O)OC1CCCCC1)[C@H]2c1cccc(O)c1. The fourth-order valence-electron chi connectivity index (χ4n) is 5.97. The first kappa shape index (κ1) is 24.2. The van der Waals surface area contributed by atoms with Gasteiger partial charge in [0.05, 0.1) is 12.7 Å². The topological polar surface area (TPSA) is 84.9 Å². The van der Waals surface area contributed by atoms with Crippen molar-refractivity contribution in [3.05, 3.63) is 82.2 Å². The van der Waals surface area contributed by atoms with Crippen LogP contribution < -0.4 is 10.1 Å². The van der Waals surface area contributed by atoms with E-state index < -0.39 is 5.92 Å². The van der Waals surface area contributed by atoms with Gasteiger partial charge >= 0.3 is 5.97 Å². The second kappa shape index (κ2) is 10.2. The molecule has 0 aromatic heterocycles. The zero-order chi connectivity index (χ0) is 25.2. The number of methoxy groups -OCH3 is 1. The van der Waals surface area contributed by atoms with E-state index in [4.69, 9.17) is 9.47 Å². The largest absolute Gasteiger partial charge is 0.508 e. The van der Waals surface area contributed by atoms with Crippen LogP contribution in [0.25, 0.3) is 0 Å². The van der Waals surface area contributed by atoms with E-state index in [0.717, 1.165) is 42.7 Å². The lowest BCUT2D eigenvalue weighted by Crippen LogP contribution is -2.37. The summed E-state index contributed by atoms with van der Waals surface area (Å²) >= 11 is 0. The molecule has 2 aliphatic carbocycles. The van der Waals surface area contributed by atoms with Crippen LogP contribution in [0.4, 0.5) is 0 Å². The number of hydrogen-bond donors (Lipinski definition) is 2. The molecule has 0 radical (unpaired) electrons. The van der Waals surface area contributed by atoms with Crippen LogP contribution in [-0.2, 0) is 14.3 Å². The highest BCUT2D eigenvalue weighted by atomic mass is 16.5. The van der Waals surface area contributed by atoms with Crippen LogP contribution in [0.5, 0.6) is 11.5 Å². The van der Waals surface area contributed by atoms with Gasteiger partial charge in [0.25, 0.3) is 0 Å². The Kier molecular flexibility index (Phi) is 6.86. The number of ether oxygens (including phenoxy) is 2. The molecule has 2 N–H and O–H groups in total. The predicted molar refractivity (Wildman–Crippen MR) is 137 cm³/mol. The molecule has 2 atom stereocenters. The van der Waals surface area contributed by atoms with Crippen LogP contribution in [0.3, 0.4) is 0 Å². The molecule has 0 unspecified atom stereocenters. The number of Topliss-reactive ketones (excluding diaryl/α,β-unsaturated/α-hetero) is 1. The number of carbonyl (C=O) groups excluding carboxylic acids is 2. The summed E-state index contributed by atoms with van der Waals surface area (Å²) in [5.41, 5.74) is 4.27. The summed E-state index contributed by atoms with van der Waals surface area (Å²) in [5.74, 6) is -0.150. The molecule has 3 aliphatic rings. The number of allylic oxidation sites excluding steroid dienone is 3. The Bertz CT molecular complexity index is 1240. The van der Waals surface area contributed by atoms with E-state index in [2.05, 4.69) is 5.32 Å². The molecule has 1 heterocycles. The highest BCUT2D eigenvalue weighted by Gasteiger charge is 2.42. The maximum Gasteiger partial charge on any atom is 0.337 e. The minimum Gasteiger partial charge on any atom is -0.508 e. The van der Waals surface area contributed by atoms with E-state index >= 15 is 0 Å². The smallest absolute Gasteiger partial charge is 0.337 e. The maximum absolute atomic E-state index is 13.8. The van der Waals surface area contributed by atoms with Crippen LogP contribution in [0, 0.1) is 0 Å². The summed E-state index contributed by atoms with van der Waals surface area (Å²) < 4.78 is 11.5. The standard InChI is InChI=1S/C30H33NO5/c1-18-27(30(34)36-22-11-4-3-5-12-22)28(19-9-8-10-21(32)15-19)29-24(31-18)16-20(17-25(29)33)23-13-6-7-14-26(23)35-2/h6-10,13-15,20,22,28,31-32H,3-5,11-12,16-17H2,1-2H3/t20-,28-/m1/s1. The summed E-state index contributed by atoms with van der Waals surface area (Å²) in [4.78, 5) is 27.3. The third kappa shape index (κ3) is 4.64. The average molecular weight is 488 g/mol. The van der Waals surface area contributed by atoms with Crippen molar-refractivity contribution in [2.24, 2.45) is 0 Å². The Morgan fingerprint density at radius 3 is 2.56 bits per heavy atom. The lowest BCUT2D eigenvalue weighted by atomic mass is 9.71. The molecule has 2 aromatic carbocycles. The normalized spacial score (nSPS) is 22.7.